The van der Waals surface area contributed by atoms with Crippen LogP contribution < -0.4 is 0 Å². The van der Waals surface area contributed by atoms with Gasteiger partial charge in [-0.2, -0.15) is 0 Å². The summed E-state index contributed by atoms with van der Waals surface area (Å²) in [6.07, 6.45) is 1.89. The summed E-state index contributed by atoms with van der Waals surface area (Å²) < 4.78 is 9.46. The average molecular weight is 155 g/mol. The normalized spacial score (nSPS) is 9.55. The van der Waals surface area contributed by atoms with Crippen molar-refractivity contribution in [3.63, 3.8) is 0 Å². The lowest BCUT2D eigenvalue weighted by Gasteiger charge is -1.97. The van der Waals surface area contributed by atoms with Crippen LogP contribution in [0.2, 0.25) is 0 Å². The lowest BCUT2D eigenvalue weighted by Crippen LogP contribution is -2.01. The number of nitrogens with zero attached hydrogens (tertiary/aromatic N) is 1. The molecule has 1 rings (SSSR count). The van der Waals surface area contributed by atoms with E-state index >= 15 is 0 Å². The van der Waals surface area contributed by atoms with E-state index in [1.165, 1.54) is 6.20 Å². The van der Waals surface area contributed by atoms with Gasteiger partial charge in [0.2, 0.25) is 0 Å². The molecule has 4 nitrogen and oxygen atoms in total. The number of hydrogen-bond acceptors (Lipinski definition) is 4. The summed E-state index contributed by atoms with van der Waals surface area (Å²) in [5, 5.41) is 3.46. The van der Waals surface area contributed by atoms with Gasteiger partial charge in [0.05, 0.1) is 6.20 Å². The molecule has 0 spiro atoms. The van der Waals surface area contributed by atoms with Crippen LogP contribution in [0.3, 0.4) is 0 Å². The highest BCUT2D eigenvalue weighted by Gasteiger charge is 2.01. The highest BCUT2D eigenvalue weighted by molar-refractivity contribution is 5.68. The molecular formula is C7H9NO3. The van der Waals surface area contributed by atoms with Crippen LogP contribution in [0.4, 0.5) is 0 Å². The van der Waals surface area contributed by atoms with Crippen LogP contribution in [-0.4, -0.2) is 11.1 Å². The van der Waals surface area contributed by atoms with Gasteiger partial charge < -0.3 is 9.26 Å². The van der Waals surface area contributed by atoms with E-state index < -0.39 is 0 Å². The molecule has 0 unspecified atom stereocenters. The molecule has 0 saturated heterocycles. The van der Waals surface area contributed by atoms with E-state index in [2.05, 4.69) is 5.16 Å². The summed E-state index contributed by atoms with van der Waals surface area (Å²) >= 11 is 0. The molecule has 4 heteroatoms. The Bertz CT molecular complexity index is 218. The molecule has 0 bridgehead atoms. The van der Waals surface area contributed by atoms with Crippen LogP contribution in [0, 0.1) is 0 Å². The minimum atomic E-state index is -0.235. The van der Waals surface area contributed by atoms with Crippen molar-refractivity contribution < 1.29 is 14.1 Å². The summed E-state index contributed by atoms with van der Waals surface area (Å²) in [5.74, 6) is 0.327. The predicted molar refractivity (Wildman–Crippen MR) is 36.6 cm³/mol. The van der Waals surface area contributed by atoms with Gasteiger partial charge in [0.25, 0.3) is 0 Å². The Morgan fingerprint density at radius 3 is 3.18 bits per heavy atom. The van der Waals surface area contributed by atoms with E-state index in [-0.39, 0.29) is 12.6 Å². The molecule has 0 saturated carbocycles. The Hall–Kier alpha value is -1.32. The molecule has 1 heterocycles. The minimum Gasteiger partial charge on any atom is -0.457 e. The van der Waals surface area contributed by atoms with Crippen LogP contribution in [0.5, 0.6) is 0 Å². The van der Waals surface area contributed by atoms with Crippen molar-refractivity contribution in [3.8, 4) is 0 Å². The van der Waals surface area contributed by atoms with Crippen LogP contribution in [-0.2, 0) is 16.1 Å². The van der Waals surface area contributed by atoms with E-state index in [9.17, 15) is 4.79 Å². The fraction of sp³-hybridized carbons (Fsp3) is 0.429. The van der Waals surface area contributed by atoms with Crippen molar-refractivity contribution in [1.82, 2.24) is 5.16 Å². The van der Waals surface area contributed by atoms with Gasteiger partial charge in [-0.05, 0) is 0 Å². The first-order valence-electron chi connectivity index (χ1n) is 3.38. The summed E-state index contributed by atoms with van der Waals surface area (Å²) in [7, 11) is 0. The lowest BCUT2D eigenvalue weighted by atomic mass is 10.5. The summed E-state index contributed by atoms with van der Waals surface area (Å²) in [4.78, 5) is 10.6. The lowest BCUT2D eigenvalue weighted by molar-refractivity contribution is -0.145. The van der Waals surface area contributed by atoms with E-state index in [1.807, 2.05) is 0 Å². The minimum absolute atomic E-state index is 0.173. The smallest absolute Gasteiger partial charge is 0.305 e. The topological polar surface area (TPSA) is 52.3 Å². The molecule has 11 heavy (non-hydrogen) atoms. The molecule has 0 N–H and O–H groups in total. The SMILES string of the molecule is CCC(=O)OCc1ccno1. The predicted octanol–water partition coefficient (Wildman–Crippen LogP) is 1.13. The highest BCUT2D eigenvalue weighted by atomic mass is 16.5. The zero-order valence-corrected chi connectivity index (χ0v) is 6.24. The Labute approximate surface area is 64.1 Å². The first kappa shape index (κ1) is 7.78. The Balaban J connectivity index is 2.29. The number of esters is 1. The highest BCUT2D eigenvalue weighted by Crippen LogP contribution is 1.99. The van der Waals surface area contributed by atoms with Gasteiger partial charge >= 0.3 is 5.97 Å². The van der Waals surface area contributed by atoms with Gasteiger partial charge in [0, 0.05) is 12.5 Å². The van der Waals surface area contributed by atoms with Gasteiger partial charge in [-0.1, -0.05) is 12.1 Å². The van der Waals surface area contributed by atoms with Crippen LogP contribution in [0.1, 0.15) is 19.1 Å². The van der Waals surface area contributed by atoms with Gasteiger partial charge in [-0.15, -0.1) is 0 Å². The third kappa shape index (κ3) is 2.41. The largest absolute Gasteiger partial charge is 0.457 e. The van der Waals surface area contributed by atoms with Gasteiger partial charge in [-0.3, -0.25) is 4.79 Å². The van der Waals surface area contributed by atoms with Crippen molar-refractivity contribution in [2.75, 3.05) is 0 Å². The molecule has 0 fully saturated rings. The van der Waals surface area contributed by atoms with Crippen molar-refractivity contribution in [2.24, 2.45) is 0 Å². The maximum absolute atomic E-state index is 10.6. The number of hydrogen-bond donors (Lipinski definition) is 0. The van der Waals surface area contributed by atoms with Crippen LogP contribution in [0.25, 0.3) is 0 Å². The number of rotatable bonds is 3. The van der Waals surface area contributed by atoms with Crippen molar-refractivity contribution >= 4 is 5.97 Å². The first-order chi connectivity index (χ1) is 5.33. The summed E-state index contributed by atoms with van der Waals surface area (Å²) in [5.41, 5.74) is 0. The zero-order valence-electron chi connectivity index (χ0n) is 6.24. The third-order valence-electron chi connectivity index (χ3n) is 1.16. The average Bonchev–Trinajstić information content (AvgIpc) is 2.52. The van der Waals surface area contributed by atoms with Gasteiger partial charge in [0.15, 0.2) is 12.4 Å². The molecule has 1 aromatic heterocycles. The summed E-state index contributed by atoms with van der Waals surface area (Å²) in [6, 6.07) is 1.66. The van der Waals surface area contributed by atoms with Gasteiger partial charge in [-0.25, -0.2) is 0 Å². The maximum atomic E-state index is 10.6. The Morgan fingerprint density at radius 2 is 2.64 bits per heavy atom. The second-order valence-electron chi connectivity index (χ2n) is 1.99. The Morgan fingerprint density at radius 1 is 1.82 bits per heavy atom. The number of ether oxygens (including phenoxy) is 1. The molecule has 0 radical (unpaired) electrons. The fourth-order valence-electron chi connectivity index (χ4n) is 0.570. The van der Waals surface area contributed by atoms with Crippen molar-refractivity contribution in [2.45, 2.75) is 20.0 Å². The molecule has 0 atom stereocenters. The van der Waals surface area contributed by atoms with Crippen molar-refractivity contribution in [1.29, 1.82) is 0 Å². The zero-order chi connectivity index (χ0) is 8.10. The monoisotopic (exact) mass is 155 g/mol. The van der Waals surface area contributed by atoms with E-state index in [0.29, 0.717) is 12.2 Å². The second kappa shape index (κ2) is 3.75. The molecule has 0 aliphatic rings. The van der Waals surface area contributed by atoms with E-state index in [4.69, 9.17) is 9.26 Å². The standard InChI is InChI=1S/C7H9NO3/c1-2-7(9)10-5-6-3-4-8-11-6/h3-4H,2,5H2,1H3. The van der Waals surface area contributed by atoms with Crippen molar-refractivity contribution in [3.05, 3.63) is 18.0 Å². The molecule has 0 aliphatic carbocycles. The van der Waals surface area contributed by atoms with Gasteiger partial charge in [0.1, 0.15) is 0 Å². The molecule has 0 amide bonds. The van der Waals surface area contributed by atoms with E-state index in [0.717, 1.165) is 0 Å². The molecule has 1 aromatic rings. The molecule has 0 aliphatic heterocycles. The number of aromatic nitrogens is 1. The molecular weight excluding hydrogens is 146 g/mol. The number of carbonyl (C=O) groups is 1. The number of carbonyl (C=O) groups excluding carboxylic acids is 1. The van der Waals surface area contributed by atoms with Crippen LogP contribution in [0.15, 0.2) is 16.8 Å². The first-order valence-corrected chi connectivity index (χ1v) is 3.38. The fourth-order valence-corrected chi connectivity index (χ4v) is 0.570. The maximum Gasteiger partial charge on any atom is 0.305 e. The van der Waals surface area contributed by atoms with Crippen LogP contribution >= 0.6 is 0 Å². The Kier molecular flexibility index (Phi) is 2.66. The molecule has 0 aromatic carbocycles. The second-order valence-corrected chi connectivity index (χ2v) is 1.99. The quantitative estimate of drug-likeness (QED) is 0.614. The van der Waals surface area contributed by atoms with E-state index in [1.54, 1.807) is 13.0 Å². The summed E-state index contributed by atoms with van der Waals surface area (Å²) in [6.45, 7) is 1.91. The third-order valence-corrected chi connectivity index (χ3v) is 1.16. The molecule has 60 valence electrons.